The number of rotatable bonds is 2. The van der Waals surface area contributed by atoms with Gasteiger partial charge in [-0.25, -0.2) is 0 Å². The van der Waals surface area contributed by atoms with Crippen molar-refractivity contribution in [2.24, 2.45) is 4.99 Å². The molecule has 0 saturated carbocycles. The second-order valence-electron chi connectivity index (χ2n) is 2.69. The van der Waals surface area contributed by atoms with E-state index in [0.29, 0.717) is 0 Å². The van der Waals surface area contributed by atoms with E-state index in [2.05, 4.69) is 29.4 Å². The summed E-state index contributed by atoms with van der Waals surface area (Å²) in [5.41, 5.74) is 3.54. The molecule has 0 atom stereocenters. The molecule has 0 fully saturated rings. The van der Waals surface area contributed by atoms with Crippen LogP contribution in [0, 0.1) is 0 Å². The quantitative estimate of drug-likeness (QED) is 0.634. The van der Waals surface area contributed by atoms with Crippen molar-refractivity contribution in [1.82, 2.24) is 5.32 Å². The van der Waals surface area contributed by atoms with E-state index < -0.39 is 0 Å². The van der Waals surface area contributed by atoms with Crippen molar-refractivity contribution in [3.05, 3.63) is 23.4 Å². The lowest BCUT2D eigenvalue weighted by molar-refractivity contribution is 0.992. The van der Waals surface area contributed by atoms with Gasteiger partial charge in [0, 0.05) is 12.7 Å². The van der Waals surface area contributed by atoms with Gasteiger partial charge in [0.05, 0.1) is 12.3 Å². The molecule has 1 aliphatic heterocycles. The van der Waals surface area contributed by atoms with Gasteiger partial charge in [-0.3, -0.25) is 4.99 Å². The van der Waals surface area contributed by atoms with Crippen LogP contribution < -0.4 is 5.32 Å². The molecule has 0 aromatic carbocycles. The molecule has 0 bridgehead atoms. The first kappa shape index (κ1) is 8.05. The van der Waals surface area contributed by atoms with E-state index in [-0.39, 0.29) is 0 Å². The SMILES string of the molecule is CNC(C)=CC1=NCC=C1C. The molecule has 1 aliphatic rings. The van der Waals surface area contributed by atoms with Crippen LogP contribution in [0.25, 0.3) is 0 Å². The molecule has 1 heterocycles. The Morgan fingerprint density at radius 3 is 2.91 bits per heavy atom. The number of hydrogen-bond donors (Lipinski definition) is 1. The molecule has 0 radical (unpaired) electrons. The van der Waals surface area contributed by atoms with Gasteiger partial charge in [0.15, 0.2) is 0 Å². The van der Waals surface area contributed by atoms with Crippen LogP contribution in [-0.2, 0) is 0 Å². The van der Waals surface area contributed by atoms with E-state index in [1.165, 1.54) is 5.57 Å². The molecule has 60 valence electrons. The van der Waals surface area contributed by atoms with Crippen LogP contribution in [0.1, 0.15) is 13.8 Å². The molecule has 0 unspecified atom stereocenters. The molecule has 0 aromatic heterocycles. The second-order valence-corrected chi connectivity index (χ2v) is 2.69. The molecule has 2 heteroatoms. The topological polar surface area (TPSA) is 24.4 Å². The van der Waals surface area contributed by atoms with Gasteiger partial charge in [-0.1, -0.05) is 6.08 Å². The van der Waals surface area contributed by atoms with Crippen molar-refractivity contribution in [1.29, 1.82) is 0 Å². The number of nitrogens with one attached hydrogen (secondary N) is 1. The summed E-state index contributed by atoms with van der Waals surface area (Å²) in [5, 5.41) is 3.07. The normalized spacial score (nSPS) is 17.9. The Balaban J connectivity index is 2.71. The Bertz CT molecular complexity index is 234. The Kier molecular flexibility index (Phi) is 2.47. The van der Waals surface area contributed by atoms with E-state index >= 15 is 0 Å². The van der Waals surface area contributed by atoms with E-state index in [4.69, 9.17) is 0 Å². The van der Waals surface area contributed by atoms with E-state index in [1.807, 2.05) is 14.0 Å². The van der Waals surface area contributed by atoms with E-state index in [0.717, 1.165) is 18.0 Å². The highest BCUT2D eigenvalue weighted by molar-refractivity contribution is 6.09. The third-order valence-corrected chi connectivity index (χ3v) is 1.81. The monoisotopic (exact) mass is 150 g/mol. The lowest BCUT2D eigenvalue weighted by atomic mass is 10.2. The number of hydrogen-bond acceptors (Lipinski definition) is 2. The lowest BCUT2D eigenvalue weighted by Crippen LogP contribution is -2.04. The van der Waals surface area contributed by atoms with Crippen LogP contribution in [-0.4, -0.2) is 19.3 Å². The van der Waals surface area contributed by atoms with Crippen molar-refractivity contribution in [3.63, 3.8) is 0 Å². The maximum atomic E-state index is 4.31. The van der Waals surface area contributed by atoms with Crippen LogP contribution in [0.5, 0.6) is 0 Å². The predicted octanol–water partition coefficient (Wildman–Crippen LogP) is 1.51. The average molecular weight is 150 g/mol. The molecule has 0 amide bonds. The largest absolute Gasteiger partial charge is 0.392 e. The van der Waals surface area contributed by atoms with Crippen molar-refractivity contribution in [2.75, 3.05) is 13.6 Å². The first-order valence-corrected chi connectivity index (χ1v) is 3.81. The fourth-order valence-electron chi connectivity index (χ4n) is 0.947. The molecular weight excluding hydrogens is 136 g/mol. The van der Waals surface area contributed by atoms with Crippen LogP contribution in [0.4, 0.5) is 0 Å². The first-order chi connectivity index (χ1) is 5.24. The lowest BCUT2D eigenvalue weighted by Gasteiger charge is -1.99. The van der Waals surface area contributed by atoms with Gasteiger partial charge >= 0.3 is 0 Å². The van der Waals surface area contributed by atoms with Gasteiger partial charge in [-0.2, -0.15) is 0 Å². The maximum Gasteiger partial charge on any atom is 0.0621 e. The van der Waals surface area contributed by atoms with Crippen LogP contribution in [0.3, 0.4) is 0 Å². The average Bonchev–Trinajstić information content (AvgIpc) is 2.37. The fourth-order valence-corrected chi connectivity index (χ4v) is 0.947. The van der Waals surface area contributed by atoms with Crippen LogP contribution in [0.2, 0.25) is 0 Å². The van der Waals surface area contributed by atoms with Gasteiger partial charge in [-0.15, -0.1) is 0 Å². The Morgan fingerprint density at radius 2 is 2.45 bits per heavy atom. The summed E-state index contributed by atoms with van der Waals surface area (Å²) < 4.78 is 0. The van der Waals surface area contributed by atoms with Crippen LogP contribution >= 0.6 is 0 Å². The molecule has 11 heavy (non-hydrogen) atoms. The Hall–Kier alpha value is -1.05. The molecule has 1 rings (SSSR count). The minimum absolute atomic E-state index is 0.842. The zero-order valence-corrected chi connectivity index (χ0v) is 7.31. The molecular formula is C9H14N2. The molecule has 0 aliphatic carbocycles. The summed E-state index contributed by atoms with van der Waals surface area (Å²) >= 11 is 0. The summed E-state index contributed by atoms with van der Waals surface area (Å²) in [6.45, 7) is 4.97. The zero-order valence-electron chi connectivity index (χ0n) is 7.31. The highest BCUT2D eigenvalue weighted by Gasteiger charge is 2.03. The van der Waals surface area contributed by atoms with Gasteiger partial charge in [0.25, 0.3) is 0 Å². The molecule has 0 aromatic rings. The summed E-state index contributed by atoms with van der Waals surface area (Å²) in [6.07, 6.45) is 4.20. The molecule has 0 spiro atoms. The minimum atomic E-state index is 0.842. The minimum Gasteiger partial charge on any atom is -0.392 e. The highest BCUT2D eigenvalue weighted by Crippen LogP contribution is 2.07. The number of allylic oxidation sites excluding steroid dienone is 3. The Labute approximate surface area is 67.7 Å². The zero-order chi connectivity index (χ0) is 8.27. The summed E-state index contributed by atoms with van der Waals surface area (Å²) in [6, 6.07) is 0. The molecule has 0 saturated heterocycles. The van der Waals surface area contributed by atoms with Gasteiger partial charge in [0.1, 0.15) is 0 Å². The van der Waals surface area contributed by atoms with Crippen molar-refractivity contribution < 1.29 is 0 Å². The third kappa shape index (κ3) is 1.93. The summed E-state index contributed by atoms with van der Waals surface area (Å²) in [4.78, 5) is 4.31. The van der Waals surface area contributed by atoms with E-state index in [1.54, 1.807) is 0 Å². The third-order valence-electron chi connectivity index (χ3n) is 1.81. The first-order valence-electron chi connectivity index (χ1n) is 3.81. The van der Waals surface area contributed by atoms with Crippen molar-refractivity contribution in [2.45, 2.75) is 13.8 Å². The molecule has 2 nitrogen and oxygen atoms in total. The number of aliphatic imine (C=N–C) groups is 1. The maximum absolute atomic E-state index is 4.31. The molecule has 1 N–H and O–H groups in total. The van der Waals surface area contributed by atoms with Crippen LogP contribution in [0.15, 0.2) is 28.4 Å². The van der Waals surface area contributed by atoms with Crippen molar-refractivity contribution >= 4 is 5.71 Å². The van der Waals surface area contributed by atoms with Gasteiger partial charge in [0.2, 0.25) is 0 Å². The van der Waals surface area contributed by atoms with E-state index in [9.17, 15) is 0 Å². The highest BCUT2D eigenvalue weighted by atomic mass is 14.8. The number of nitrogens with zero attached hydrogens (tertiary/aromatic N) is 1. The predicted molar refractivity (Wildman–Crippen MR) is 48.9 cm³/mol. The summed E-state index contributed by atoms with van der Waals surface area (Å²) in [7, 11) is 1.92. The Morgan fingerprint density at radius 1 is 1.73 bits per heavy atom. The second kappa shape index (κ2) is 3.37. The summed E-state index contributed by atoms with van der Waals surface area (Å²) in [5.74, 6) is 0. The fraction of sp³-hybridized carbons (Fsp3) is 0.444. The standard InChI is InChI=1S/C9H14N2/c1-7-4-5-11-9(7)6-8(2)10-3/h4,6,10H,5H2,1-3H3. The van der Waals surface area contributed by atoms with Gasteiger partial charge < -0.3 is 5.32 Å². The van der Waals surface area contributed by atoms with Crippen molar-refractivity contribution in [3.8, 4) is 0 Å². The smallest absolute Gasteiger partial charge is 0.0621 e. The van der Waals surface area contributed by atoms with Gasteiger partial charge in [-0.05, 0) is 25.5 Å².